The molecule has 0 radical (unpaired) electrons. The number of nitriles is 1. The molecule has 0 saturated carbocycles. The number of rotatable bonds is 4. The summed E-state index contributed by atoms with van der Waals surface area (Å²) in [5, 5.41) is 8.77. The highest BCUT2D eigenvalue weighted by Gasteiger charge is 2.35. The topological polar surface area (TPSA) is 96.2 Å². The second-order valence-electron chi connectivity index (χ2n) is 6.53. The molecule has 1 unspecified atom stereocenters. The number of halogens is 1. The van der Waals surface area contributed by atoms with Crippen molar-refractivity contribution >= 4 is 38.3 Å². The van der Waals surface area contributed by atoms with E-state index in [1.165, 1.54) is 24.3 Å². The molecule has 0 aliphatic carbocycles. The Morgan fingerprint density at radius 1 is 1.03 bits per heavy atom. The number of hydrogen-bond acceptors (Lipinski definition) is 7. The van der Waals surface area contributed by atoms with Gasteiger partial charge in [0, 0.05) is 18.1 Å². The van der Waals surface area contributed by atoms with Gasteiger partial charge < -0.3 is 9.64 Å². The first-order valence-electron chi connectivity index (χ1n) is 8.99. The fourth-order valence-electron chi connectivity index (χ4n) is 3.23. The van der Waals surface area contributed by atoms with Gasteiger partial charge in [0.15, 0.2) is 11.1 Å². The molecule has 1 aliphatic heterocycles. The van der Waals surface area contributed by atoms with Gasteiger partial charge >= 0.3 is 0 Å². The van der Waals surface area contributed by atoms with Gasteiger partial charge in [0.1, 0.15) is 5.69 Å². The van der Waals surface area contributed by atoms with Crippen LogP contribution in [0, 0.1) is 11.3 Å². The Hall–Kier alpha value is -2.73. The fourth-order valence-corrected chi connectivity index (χ4v) is 4.73. The van der Waals surface area contributed by atoms with Crippen LogP contribution in [0.15, 0.2) is 53.4 Å². The Morgan fingerprint density at radius 3 is 2.28 bits per heavy atom. The first kappa shape index (κ1) is 19.6. The number of anilines is 1. The van der Waals surface area contributed by atoms with Crippen LogP contribution in [0.3, 0.4) is 0 Å². The zero-order valence-electron chi connectivity index (χ0n) is 15.3. The lowest BCUT2D eigenvalue weighted by Gasteiger charge is -2.30. The molecule has 1 aliphatic rings. The summed E-state index contributed by atoms with van der Waals surface area (Å²) in [6.45, 7) is 2.07. The van der Waals surface area contributed by atoms with E-state index in [1.54, 1.807) is 12.1 Å². The summed E-state index contributed by atoms with van der Waals surface area (Å²) in [7, 11) is -4.03. The van der Waals surface area contributed by atoms with Crippen molar-refractivity contribution < 1.29 is 13.2 Å². The summed E-state index contributed by atoms with van der Waals surface area (Å²) in [6, 6.07) is 14.9. The van der Waals surface area contributed by atoms with Crippen molar-refractivity contribution in [2.75, 3.05) is 31.2 Å². The molecule has 1 aromatic heterocycles. The predicted octanol–water partition coefficient (Wildman–Crippen LogP) is 3.16. The van der Waals surface area contributed by atoms with Gasteiger partial charge in [-0.1, -0.05) is 23.7 Å². The van der Waals surface area contributed by atoms with Gasteiger partial charge in [-0.3, -0.25) is 0 Å². The van der Waals surface area contributed by atoms with Crippen molar-refractivity contribution in [3.05, 3.63) is 59.2 Å². The summed E-state index contributed by atoms with van der Waals surface area (Å²) in [4.78, 5) is 11.1. The van der Waals surface area contributed by atoms with Crippen LogP contribution in [-0.2, 0) is 14.6 Å². The van der Waals surface area contributed by atoms with Gasteiger partial charge in [0.05, 0.1) is 35.2 Å². The fraction of sp³-hybridized carbons (Fsp3) is 0.250. The predicted molar refractivity (Wildman–Crippen MR) is 110 cm³/mol. The Bertz CT molecular complexity index is 1190. The second-order valence-corrected chi connectivity index (χ2v) is 9.00. The van der Waals surface area contributed by atoms with Crippen LogP contribution in [0.5, 0.6) is 0 Å². The highest BCUT2D eigenvalue weighted by Crippen LogP contribution is 2.34. The molecule has 3 aromatic rings. The van der Waals surface area contributed by atoms with E-state index in [0.717, 1.165) is 0 Å². The molecule has 1 fully saturated rings. The van der Waals surface area contributed by atoms with E-state index < -0.39 is 15.1 Å². The van der Waals surface area contributed by atoms with E-state index in [-0.39, 0.29) is 10.6 Å². The maximum atomic E-state index is 13.3. The molecule has 1 atom stereocenters. The molecule has 0 amide bonds. The highest BCUT2D eigenvalue weighted by molar-refractivity contribution is 7.92. The zero-order chi connectivity index (χ0) is 20.4. The van der Waals surface area contributed by atoms with E-state index in [0.29, 0.717) is 48.2 Å². The van der Waals surface area contributed by atoms with Crippen LogP contribution >= 0.6 is 11.6 Å². The molecule has 2 aromatic carbocycles. The van der Waals surface area contributed by atoms with Gasteiger partial charge in [-0.05, 0) is 36.4 Å². The SMILES string of the molecule is N#CC(c1nc2ccccc2nc1N1CCOCC1)S(=O)(=O)c1ccc(Cl)cc1. The van der Waals surface area contributed by atoms with Crippen molar-refractivity contribution in [2.45, 2.75) is 10.1 Å². The largest absolute Gasteiger partial charge is 0.378 e. The summed E-state index contributed by atoms with van der Waals surface area (Å²) in [5.41, 5.74) is 1.30. The Kier molecular flexibility index (Phi) is 5.37. The Labute approximate surface area is 173 Å². The summed E-state index contributed by atoms with van der Waals surface area (Å²) in [6.07, 6.45) is 0. The summed E-state index contributed by atoms with van der Waals surface area (Å²) in [5.74, 6) is 0.399. The third-order valence-corrected chi connectivity index (χ3v) is 6.84. The van der Waals surface area contributed by atoms with Crippen LogP contribution in [0.4, 0.5) is 5.82 Å². The molecule has 0 spiro atoms. The first-order chi connectivity index (χ1) is 14.0. The van der Waals surface area contributed by atoms with Crippen molar-refractivity contribution in [1.82, 2.24) is 9.97 Å². The van der Waals surface area contributed by atoms with Crippen molar-refractivity contribution in [3.8, 4) is 6.07 Å². The monoisotopic (exact) mass is 428 g/mol. The number of nitrogens with zero attached hydrogens (tertiary/aromatic N) is 4. The summed E-state index contributed by atoms with van der Waals surface area (Å²) >= 11 is 5.88. The van der Waals surface area contributed by atoms with E-state index in [4.69, 9.17) is 16.3 Å². The second kappa shape index (κ2) is 7.95. The number of para-hydroxylation sites is 2. The molecular formula is C20H17ClN4O3S. The van der Waals surface area contributed by atoms with Crippen molar-refractivity contribution in [3.63, 3.8) is 0 Å². The quantitative estimate of drug-likeness (QED) is 0.629. The van der Waals surface area contributed by atoms with Crippen LogP contribution in [0.1, 0.15) is 10.9 Å². The van der Waals surface area contributed by atoms with Gasteiger partial charge in [0.25, 0.3) is 0 Å². The van der Waals surface area contributed by atoms with Crippen LogP contribution in [-0.4, -0.2) is 44.7 Å². The molecule has 148 valence electrons. The maximum absolute atomic E-state index is 13.3. The first-order valence-corrected chi connectivity index (χ1v) is 10.9. The average Bonchev–Trinajstić information content (AvgIpc) is 2.74. The zero-order valence-corrected chi connectivity index (χ0v) is 16.9. The normalized spacial score (nSPS) is 15.8. The maximum Gasteiger partial charge on any atom is 0.200 e. The standard InChI is InChI=1S/C20H17ClN4O3S/c21-14-5-7-15(8-6-14)29(26,27)18(13-22)19-20(25-9-11-28-12-10-25)24-17-4-2-1-3-16(17)23-19/h1-8,18H,9-12H2. The van der Waals surface area contributed by atoms with Gasteiger partial charge in [-0.2, -0.15) is 5.26 Å². The molecule has 4 rings (SSSR count). The molecule has 9 heteroatoms. The van der Waals surface area contributed by atoms with Crippen LogP contribution in [0.2, 0.25) is 5.02 Å². The Balaban J connectivity index is 1.89. The van der Waals surface area contributed by atoms with E-state index >= 15 is 0 Å². The Morgan fingerprint density at radius 2 is 1.66 bits per heavy atom. The van der Waals surface area contributed by atoms with E-state index in [2.05, 4.69) is 9.97 Å². The smallest absolute Gasteiger partial charge is 0.200 e. The third-order valence-electron chi connectivity index (χ3n) is 4.71. The minimum Gasteiger partial charge on any atom is -0.378 e. The molecule has 0 bridgehead atoms. The number of morpholine rings is 1. The van der Waals surface area contributed by atoms with Gasteiger partial charge in [-0.25, -0.2) is 18.4 Å². The third kappa shape index (κ3) is 3.77. The molecule has 7 nitrogen and oxygen atoms in total. The molecule has 29 heavy (non-hydrogen) atoms. The number of hydrogen-bond donors (Lipinski definition) is 0. The lowest BCUT2D eigenvalue weighted by atomic mass is 10.2. The van der Waals surface area contributed by atoms with Crippen LogP contribution in [0.25, 0.3) is 11.0 Å². The minimum absolute atomic E-state index is 0.0105. The summed E-state index contributed by atoms with van der Waals surface area (Å²) < 4.78 is 31.9. The molecular weight excluding hydrogens is 412 g/mol. The number of sulfone groups is 1. The average molecular weight is 429 g/mol. The van der Waals surface area contributed by atoms with Gasteiger partial charge in [-0.15, -0.1) is 0 Å². The minimum atomic E-state index is -4.03. The number of ether oxygens (including phenoxy) is 1. The number of benzene rings is 2. The number of aromatic nitrogens is 2. The highest BCUT2D eigenvalue weighted by atomic mass is 35.5. The van der Waals surface area contributed by atoms with Gasteiger partial charge in [0.2, 0.25) is 9.84 Å². The molecule has 0 N–H and O–H groups in total. The molecule has 1 saturated heterocycles. The lowest BCUT2D eigenvalue weighted by molar-refractivity contribution is 0.122. The lowest BCUT2D eigenvalue weighted by Crippen LogP contribution is -2.38. The molecule has 2 heterocycles. The van der Waals surface area contributed by atoms with Crippen LogP contribution < -0.4 is 4.90 Å². The van der Waals surface area contributed by atoms with E-state index in [1.807, 2.05) is 23.1 Å². The van der Waals surface area contributed by atoms with Crippen molar-refractivity contribution in [1.29, 1.82) is 5.26 Å². The number of fused-ring (bicyclic) bond motifs is 1. The van der Waals surface area contributed by atoms with Crippen molar-refractivity contribution in [2.24, 2.45) is 0 Å². The van der Waals surface area contributed by atoms with E-state index in [9.17, 15) is 13.7 Å².